The lowest BCUT2D eigenvalue weighted by atomic mass is 10.1. The third kappa shape index (κ3) is 4.48. The van der Waals surface area contributed by atoms with Crippen LogP contribution in [0.15, 0.2) is 18.3 Å². The van der Waals surface area contributed by atoms with Gasteiger partial charge in [0.25, 0.3) is 0 Å². The molecule has 4 heteroatoms. The minimum absolute atomic E-state index is 0.341. The van der Waals surface area contributed by atoms with E-state index in [1.54, 1.807) is 7.11 Å². The summed E-state index contributed by atoms with van der Waals surface area (Å²) in [7, 11) is 3.80. The molecule has 4 nitrogen and oxygen atoms in total. The Bertz CT molecular complexity index is 353. The van der Waals surface area contributed by atoms with Crippen molar-refractivity contribution in [2.45, 2.75) is 39.3 Å². The summed E-state index contributed by atoms with van der Waals surface area (Å²) in [6, 6.07) is 4.94. The van der Waals surface area contributed by atoms with E-state index in [0.717, 1.165) is 24.3 Å². The minimum Gasteiger partial charge on any atom is -0.383 e. The van der Waals surface area contributed by atoms with Crippen LogP contribution in [-0.4, -0.2) is 38.3 Å². The van der Waals surface area contributed by atoms with Crippen molar-refractivity contribution in [1.82, 2.24) is 10.3 Å². The summed E-state index contributed by atoms with van der Waals surface area (Å²) in [4.78, 5) is 6.78. The predicted molar refractivity (Wildman–Crippen MR) is 80.7 cm³/mol. The molecule has 0 saturated heterocycles. The van der Waals surface area contributed by atoms with Crippen molar-refractivity contribution in [2.75, 3.05) is 32.2 Å². The van der Waals surface area contributed by atoms with Gasteiger partial charge in [0.05, 0.1) is 24.2 Å². The number of rotatable bonds is 8. The largest absolute Gasteiger partial charge is 0.383 e. The molecule has 0 aliphatic rings. The molecule has 1 rings (SSSR count). The summed E-state index contributed by atoms with van der Waals surface area (Å²) in [5.74, 6) is 0. The van der Waals surface area contributed by atoms with Crippen LogP contribution < -0.4 is 10.2 Å². The Morgan fingerprint density at radius 1 is 1.37 bits per heavy atom. The number of nitrogens with one attached hydrogen (secondary N) is 1. The number of nitrogens with zero attached hydrogens (tertiary/aromatic N) is 2. The first kappa shape index (κ1) is 15.9. The fourth-order valence-electron chi connectivity index (χ4n) is 2.12. The minimum atomic E-state index is 0.341. The second kappa shape index (κ2) is 8.12. The molecule has 0 bridgehead atoms. The zero-order chi connectivity index (χ0) is 14.3. The first-order valence-electron chi connectivity index (χ1n) is 7.05. The van der Waals surface area contributed by atoms with Crippen molar-refractivity contribution in [2.24, 2.45) is 0 Å². The number of aromatic nitrogens is 1. The molecule has 2 unspecified atom stereocenters. The molecule has 1 heterocycles. The van der Waals surface area contributed by atoms with Gasteiger partial charge in [-0.15, -0.1) is 0 Å². The van der Waals surface area contributed by atoms with Crippen molar-refractivity contribution >= 4 is 5.69 Å². The van der Waals surface area contributed by atoms with Crippen LogP contribution in [0, 0.1) is 0 Å². The van der Waals surface area contributed by atoms with Crippen LogP contribution in [0.5, 0.6) is 0 Å². The molecular formula is C15H27N3O. The van der Waals surface area contributed by atoms with E-state index in [-0.39, 0.29) is 0 Å². The van der Waals surface area contributed by atoms with E-state index in [4.69, 9.17) is 4.74 Å². The lowest BCUT2D eigenvalue weighted by molar-refractivity contribution is 0.183. The van der Waals surface area contributed by atoms with Gasteiger partial charge in [0.15, 0.2) is 0 Å². The van der Waals surface area contributed by atoms with Crippen LogP contribution in [0.2, 0.25) is 0 Å². The standard InChI is InChI=1S/C15H27N3O/c1-6-14(16-7-2)15-9-8-13(10-17-15)18(4)12(3)11-19-5/h8-10,12,14,16H,6-7,11H2,1-5H3. The van der Waals surface area contributed by atoms with Gasteiger partial charge in [-0.05, 0) is 32.0 Å². The smallest absolute Gasteiger partial charge is 0.0663 e. The normalized spacial score (nSPS) is 14.2. The van der Waals surface area contributed by atoms with E-state index in [2.05, 4.69) is 55.2 Å². The summed E-state index contributed by atoms with van der Waals surface area (Å²) >= 11 is 0. The number of ether oxygens (including phenoxy) is 1. The first-order valence-corrected chi connectivity index (χ1v) is 7.05. The molecule has 0 aliphatic carbocycles. The number of hydrogen-bond donors (Lipinski definition) is 1. The molecular weight excluding hydrogens is 238 g/mol. The first-order chi connectivity index (χ1) is 9.13. The molecule has 1 N–H and O–H groups in total. The maximum Gasteiger partial charge on any atom is 0.0663 e. The summed E-state index contributed by atoms with van der Waals surface area (Å²) in [5, 5.41) is 3.44. The number of pyridine rings is 1. The summed E-state index contributed by atoms with van der Waals surface area (Å²) < 4.78 is 5.19. The molecule has 0 aliphatic heterocycles. The Kier molecular flexibility index (Phi) is 6.81. The zero-order valence-corrected chi connectivity index (χ0v) is 12.8. The third-order valence-electron chi connectivity index (χ3n) is 3.46. The van der Waals surface area contributed by atoms with E-state index >= 15 is 0 Å². The van der Waals surface area contributed by atoms with E-state index in [1.165, 1.54) is 0 Å². The molecule has 0 fully saturated rings. The molecule has 0 amide bonds. The Balaban J connectivity index is 2.74. The Hall–Kier alpha value is -1.13. The fraction of sp³-hybridized carbons (Fsp3) is 0.667. The number of methoxy groups -OCH3 is 1. The van der Waals surface area contributed by atoms with E-state index < -0.39 is 0 Å². The van der Waals surface area contributed by atoms with Gasteiger partial charge in [-0.2, -0.15) is 0 Å². The second-order valence-electron chi connectivity index (χ2n) is 4.88. The Morgan fingerprint density at radius 2 is 2.11 bits per heavy atom. The fourth-order valence-corrected chi connectivity index (χ4v) is 2.12. The summed E-state index contributed by atoms with van der Waals surface area (Å²) in [5.41, 5.74) is 2.24. The van der Waals surface area contributed by atoms with Gasteiger partial charge in [0, 0.05) is 26.2 Å². The number of anilines is 1. The predicted octanol–water partition coefficient (Wildman–Crippen LogP) is 2.61. The molecule has 1 aromatic heterocycles. The average molecular weight is 265 g/mol. The van der Waals surface area contributed by atoms with Crippen LogP contribution in [-0.2, 0) is 4.74 Å². The van der Waals surface area contributed by atoms with Crippen molar-refractivity contribution in [3.8, 4) is 0 Å². The highest BCUT2D eigenvalue weighted by molar-refractivity contribution is 5.44. The molecule has 2 atom stereocenters. The molecule has 0 spiro atoms. The van der Waals surface area contributed by atoms with Gasteiger partial charge in [-0.25, -0.2) is 0 Å². The quantitative estimate of drug-likeness (QED) is 0.784. The molecule has 1 aromatic rings. The van der Waals surface area contributed by atoms with Crippen molar-refractivity contribution in [1.29, 1.82) is 0 Å². The molecule has 0 saturated carbocycles. The Labute approximate surface area is 117 Å². The van der Waals surface area contributed by atoms with Crippen molar-refractivity contribution < 1.29 is 4.74 Å². The average Bonchev–Trinajstić information content (AvgIpc) is 2.44. The second-order valence-corrected chi connectivity index (χ2v) is 4.88. The highest BCUT2D eigenvalue weighted by atomic mass is 16.5. The van der Waals surface area contributed by atoms with Gasteiger partial charge in [-0.1, -0.05) is 13.8 Å². The van der Waals surface area contributed by atoms with Gasteiger partial charge in [-0.3, -0.25) is 4.98 Å². The highest BCUT2D eigenvalue weighted by Crippen LogP contribution is 2.19. The van der Waals surface area contributed by atoms with E-state index in [1.807, 2.05) is 6.20 Å². The summed E-state index contributed by atoms with van der Waals surface area (Å²) in [6.45, 7) is 8.12. The maximum atomic E-state index is 5.19. The number of hydrogen-bond acceptors (Lipinski definition) is 4. The SMILES string of the molecule is CCNC(CC)c1ccc(N(C)C(C)COC)cn1. The van der Waals surface area contributed by atoms with Gasteiger partial charge in [0.1, 0.15) is 0 Å². The zero-order valence-electron chi connectivity index (χ0n) is 12.8. The van der Waals surface area contributed by atoms with Crippen LogP contribution >= 0.6 is 0 Å². The van der Waals surface area contributed by atoms with Crippen LogP contribution in [0.3, 0.4) is 0 Å². The van der Waals surface area contributed by atoms with E-state index in [9.17, 15) is 0 Å². The van der Waals surface area contributed by atoms with Gasteiger partial charge in [0.2, 0.25) is 0 Å². The topological polar surface area (TPSA) is 37.4 Å². The molecule has 108 valence electrons. The molecule has 19 heavy (non-hydrogen) atoms. The lowest BCUT2D eigenvalue weighted by Crippen LogP contribution is -2.32. The van der Waals surface area contributed by atoms with Crippen molar-refractivity contribution in [3.63, 3.8) is 0 Å². The number of likely N-dealkylation sites (N-methyl/N-ethyl adjacent to an activating group) is 1. The lowest BCUT2D eigenvalue weighted by Gasteiger charge is -2.26. The molecule has 0 aromatic carbocycles. The Morgan fingerprint density at radius 3 is 2.58 bits per heavy atom. The van der Waals surface area contributed by atoms with Crippen LogP contribution in [0.25, 0.3) is 0 Å². The highest BCUT2D eigenvalue weighted by Gasteiger charge is 2.12. The van der Waals surface area contributed by atoms with Crippen LogP contribution in [0.4, 0.5) is 5.69 Å². The molecule has 0 radical (unpaired) electrons. The maximum absolute atomic E-state index is 5.19. The van der Waals surface area contributed by atoms with E-state index in [0.29, 0.717) is 18.7 Å². The monoisotopic (exact) mass is 265 g/mol. The van der Waals surface area contributed by atoms with Crippen LogP contribution in [0.1, 0.15) is 38.9 Å². The van der Waals surface area contributed by atoms with Gasteiger partial charge < -0.3 is 15.0 Å². The van der Waals surface area contributed by atoms with Crippen molar-refractivity contribution in [3.05, 3.63) is 24.0 Å². The van der Waals surface area contributed by atoms with Gasteiger partial charge >= 0.3 is 0 Å². The summed E-state index contributed by atoms with van der Waals surface area (Å²) in [6.07, 6.45) is 3.00. The third-order valence-corrected chi connectivity index (χ3v) is 3.46.